The molecule has 6 fully saturated rings. The normalized spacial score (nSPS) is 30.3. The number of rotatable bonds is 9. The van der Waals surface area contributed by atoms with Crippen molar-refractivity contribution in [2.75, 3.05) is 89.7 Å². The van der Waals surface area contributed by atoms with Crippen LogP contribution in [0.2, 0.25) is 0 Å². The lowest BCUT2D eigenvalue weighted by Gasteiger charge is -2.48. The van der Waals surface area contributed by atoms with E-state index in [-0.39, 0.29) is 17.8 Å². The van der Waals surface area contributed by atoms with Crippen molar-refractivity contribution >= 4 is 11.8 Å². The number of fused-ring (bicyclic) bond motifs is 4. The van der Waals surface area contributed by atoms with E-state index < -0.39 is 11.7 Å². The van der Waals surface area contributed by atoms with Gasteiger partial charge in [0.2, 0.25) is 5.95 Å². The Balaban J connectivity index is 0.968. The molecule has 2 bridgehead atoms. The molecule has 0 aromatic carbocycles. The highest BCUT2D eigenvalue weighted by Gasteiger charge is 2.38. The third-order valence-corrected chi connectivity index (χ3v) is 10.3. The SMILES string of the molecule is C=C1CN2CCC(CC2)N1CCCNc1nc(NC2CC(N3CCN(C4CCN(C)CC4)CC3)C2)ncc1C(F)(F)F. The van der Waals surface area contributed by atoms with Gasteiger partial charge in [-0.1, -0.05) is 6.58 Å². The van der Waals surface area contributed by atoms with E-state index in [4.69, 9.17) is 0 Å². The van der Waals surface area contributed by atoms with Crippen LogP contribution in [0.5, 0.6) is 0 Å². The first-order valence-electron chi connectivity index (χ1n) is 16.0. The van der Waals surface area contributed by atoms with Gasteiger partial charge in [0.25, 0.3) is 0 Å². The van der Waals surface area contributed by atoms with Crippen LogP contribution in [0.4, 0.5) is 24.9 Å². The maximum atomic E-state index is 13.8. The minimum atomic E-state index is -4.51. The molecule has 2 N–H and O–H groups in total. The van der Waals surface area contributed by atoms with Crippen LogP contribution in [0.1, 0.15) is 50.5 Å². The van der Waals surface area contributed by atoms with Gasteiger partial charge in [-0.25, -0.2) is 4.98 Å². The van der Waals surface area contributed by atoms with Gasteiger partial charge < -0.3 is 20.4 Å². The highest BCUT2D eigenvalue weighted by Crippen LogP contribution is 2.35. The van der Waals surface area contributed by atoms with Crippen LogP contribution >= 0.6 is 0 Å². The number of piperidine rings is 2. The minimum absolute atomic E-state index is 0.136. The Bertz CT molecular complexity index is 1050. The van der Waals surface area contributed by atoms with Crippen molar-refractivity contribution in [3.05, 3.63) is 24.0 Å². The van der Waals surface area contributed by atoms with Crippen LogP contribution in [-0.4, -0.2) is 138 Å². The molecule has 1 aliphatic carbocycles. The summed E-state index contributed by atoms with van der Waals surface area (Å²) in [5, 5.41) is 6.29. The zero-order valence-corrected chi connectivity index (χ0v) is 25.1. The van der Waals surface area contributed by atoms with Crippen LogP contribution in [0.15, 0.2) is 18.5 Å². The second kappa shape index (κ2) is 12.8. The lowest BCUT2D eigenvalue weighted by molar-refractivity contribution is -0.137. The van der Waals surface area contributed by atoms with E-state index in [1.54, 1.807) is 0 Å². The lowest BCUT2D eigenvalue weighted by atomic mass is 9.85. The Morgan fingerprint density at radius 1 is 0.905 bits per heavy atom. The van der Waals surface area contributed by atoms with E-state index in [1.165, 1.54) is 25.9 Å². The lowest BCUT2D eigenvalue weighted by Crippen LogP contribution is -2.58. The molecule has 1 aromatic rings. The number of nitrogens with zero attached hydrogens (tertiary/aromatic N) is 7. The molecule has 42 heavy (non-hydrogen) atoms. The van der Waals surface area contributed by atoms with Gasteiger partial charge in [-0.2, -0.15) is 18.2 Å². The Hall–Kier alpha value is -2.15. The molecular weight excluding hydrogens is 543 g/mol. The van der Waals surface area contributed by atoms with E-state index in [2.05, 4.69) is 58.7 Å². The first kappa shape index (κ1) is 29.9. The summed E-state index contributed by atoms with van der Waals surface area (Å²) in [6.07, 6.45) is 3.86. The zero-order chi connectivity index (χ0) is 29.3. The van der Waals surface area contributed by atoms with E-state index in [1.807, 2.05) is 0 Å². The quantitative estimate of drug-likeness (QED) is 0.422. The van der Waals surface area contributed by atoms with Crippen LogP contribution in [-0.2, 0) is 6.18 Å². The number of piperazine rings is 1. The van der Waals surface area contributed by atoms with Gasteiger partial charge >= 0.3 is 6.18 Å². The van der Waals surface area contributed by atoms with Gasteiger partial charge in [0, 0.05) is 95.0 Å². The fraction of sp³-hybridized carbons (Fsp3) is 0.800. The smallest absolute Gasteiger partial charge is 0.371 e. The molecule has 0 amide bonds. The Morgan fingerprint density at radius 3 is 2.21 bits per heavy atom. The number of hydrogen-bond donors (Lipinski definition) is 2. The average molecular weight is 592 g/mol. The van der Waals surface area contributed by atoms with E-state index in [0.717, 1.165) is 102 Å². The summed E-state index contributed by atoms with van der Waals surface area (Å²) in [5.41, 5.74) is 0.310. The molecular formula is C30H48F3N9. The predicted octanol–water partition coefficient (Wildman–Crippen LogP) is 3.25. The number of alkyl halides is 3. The second-order valence-corrected chi connectivity index (χ2v) is 13.1. The summed E-state index contributed by atoms with van der Waals surface area (Å²) in [6.45, 7) is 15.4. The second-order valence-electron chi connectivity index (χ2n) is 13.1. The van der Waals surface area contributed by atoms with Crippen molar-refractivity contribution in [2.45, 2.75) is 75.3 Å². The van der Waals surface area contributed by atoms with Crippen molar-refractivity contribution in [1.29, 1.82) is 0 Å². The van der Waals surface area contributed by atoms with Gasteiger partial charge in [0.15, 0.2) is 0 Å². The largest absolute Gasteiger partial charge is 0.421 e. The number of likely N-dealkylation sites (tertiary alicyclic amines) is 1. The van der Waals surface area contributed by atoms with Gasteiger partial charge in [0.05, 0.1) is 0 Å². The van der Waals surface area contributed by atoms with Crippen LogP contribution in [0.25, 0.3) is 0 Å². The fourth-order valence-corrected chi connectivity index (χ4v) is 7.60. The van der Waals surface area contributed by atoms with Crippen molar-refractivity contribution in [3.8, 4) is 0 Å². The third kappa shape index (κ3) is 6.97. The molecule has 9 nitrogen and oxygen atoms in total. The summed E-state index contributed by atoms with van der Waals surface area (Å²) in [5.74, 6) is 0.135. The van der Waals surface area contributed by atoms with Gasteiger partial charge in [-0.3, -0.25) is 14.7 Å². The summed E-state index contributed by atoms with van der Waals surface area (Å²) in [7, 11) is 2.21. The number of nitrogens with one attached hydrogen (secondary N) is 2. The molecule has 1 saturated carbocycles. The molecule has 0 unspecified atom stereocenters. The maximum Gasteiger partial charge on any atom is 0.421 e. The highest BCUT2D eigenvalue weighted by atomic mass is 19.4. The molecule has 0 atom stereocenters. The van der Waals surface area contributed by atoms with Gasteiger partial charge in [0.1, 0.15) is 11.4 Å². The monoisotopic (exact) mass is 591 g/mol. The number of anilines is 2. The van der Waals surface area contributed by atoms with Crippen LogP contribution in [0.3, 0.4) is 0 Å². The van der Waals surface area contributed by atoms with Crippen molar-refractivity contribution < 1.29 is 13.2 Å². The van der Waals surface area contributed by atoms with E-state index in [0.29, 0.717) is 18.6 Å². The van der Waals surface area contributed by atoms with Crippen molar-refractivity contribution in [1.82, 2.24) is 34.5 Å². The summed E-state index contributed by atoms with van der Waals surface area (Å²) in [4.78, 5) is 20.8. The standard InChI is InChI=1S/C30H48F3N9/c1-22-21-39-12-6-25(7-13-39)42(22)9-3-8-34-28-27(30(31,32)33)20-35-29(37-28)36-23-18-26(19-23)41-16-14-40(15-17-41)24-4-10-38(2)11-5-24/h20,23-26H,1,3-19,21H2,2H3,(H2,34,35,36,37). The summed E-state index contributed by atoms with van der Waals surface area (Å²) >= 11 is 0. The first-order chi connectivity index (χ1) is 20.2. The maximum absolute atomic E-state index is 13.8. The Labute approximate surface area is 248 Å². The summed E-state index contributed by atoms with van der Waals surface area (Å²) < 4.78 is 41.3. The Morgan fingerprint density at radius 2 is 1.55 bits per heavy atom. The molecule has 7 rings (SSSR count). The fourth-order valence-electron chi connectivity index (χ4n) is 7.60. The third-order valence-electron chi connectivity index (χ3n) is 10.3. The average Bonchev–Trinajstić information content (AvgIpc) is 3.19. The zero-order valence-electron chi connectivity index (χ0n) is 25.1. The molecule has 12 heteroatoms. The van der Waals surface area contributed by atoms with Gasteiger partial charge in [-0.15, -0.1) is 0 Å². The summed E-state index contributed by atoms with van der Waals surface area (Å²) in [6, 6.07) is 1.92. The first-order valence-corrected chi connectivity index (χ1v) is 16.0. The molecule has 5 saturated heterocycles. The van der Waals surface area contributed by atoms with Crippen molar-refractivity contribution in [2.24, 2.45) is 0 Å². The molecule has 234 valence electrons. The van der Waals surface area contributed by atoms with E-state index in [9.17, 15) is 13.2 Å². The van der Waals surface area contributed by atoms with E-state index >= 15 is 0 Å². The molecule has 6 heterocycles. The topological polar surface area (TPSA) is 66.0 Å². The number of aromatic nitrogens is 2. The molecule has 5 aliphatic heterocycles. The molecule has 0 radical (unpaired) electrons. The molecule has 1 aromatic heterocycles. The number of halogens is 3. The van der Waals surface area contributed by atoms with Gasteiger partial charge in [-0.05, 0) is 65.1 Å². The molecule has 6 aliphatic rings. The number of hydrogen-bond acceptors (Lipinski definition) is 9. The molecule has 0 spiro atoms. The highest BCUT2D eigenvalue weighted by molar-refractivity contribution is 5.49. The predicted molar refractivity (Wildman–Crippen MR) is 160 cm³/mol. The minimum Gasteiger partial charge on any atom is -0.371 e. The van der Waals surface area contributed by atoms with Crippen LogP contribution < -0.4 is 10.6 Å². The van der Waals surface area contributed by atoms with Crippen molar-refractivity contribution in [3.63, 3.8) is 0 Å². The Kier molecular flexibility index (Phi) is 9.14. The van der Waals surface area contributed by atoms with Crippen LogP contribution in [0, 0.1) is 0 Å².